The van der Waals surface area contributed by atoms with Crippen molar-refractivity contribution in [2.24, 2.45) is 16.7 Å². The van der Waals surface area contributed by atoms with Gasteiger partial charge in [0.05, 0.1) is 12.2 Å². The minimum absolute atomic E-state index is 0.0944. The Bertz CT molecular complexity index is 463. The van der Waals surface area contributed by atoms with Crippen LogP contribution in [0.25, 0.3) is 0 Å². The second-order valence-corrected chi connectivity index (χ2v) is 6.36. The quantitative estimate of drug-likeness (QED) is 0.891. The molecule has 1 heterocycles. The van der Waals surface area contributed by atoms with E-state index >= 15 is 0 Å². The average Bonchev–Trinajstić information content (AvgIpc) is 2.66. The van der Waals surface area contributed by atoms with Crippen LogP contribution in [0.2, 0.25) is 0 Å². The monoisotopic (exact) mass is 246 g/mol. The minimum atomic E-state index is 0.0944. The summed E-state index contributed by atoms with van der Waals surface area (Å²) in [6, 6.07) is 5.86. The van der Waals surface area contributed by atoms with E-state index in [0.29, 0.717) is 6.54 Å². The predicted octanol–water partition coefficient (Wildman–Crippen LogP) is 2.69. The fraction of sp³-hybridized carbons (Fsp3) is 0.600. The molecule has 0 unspecified atom stereocenters. The van der Waals surface area contributed by atoms with Gasteiger partial charge in [-0.05, 0) is 29.9 Å². The lowest BCUT2D eigenvalue weighted by atomic mass is 10.0. The molecular weight excluding hydrogens is 224 g/mol. The number of nitrogens with one attached hydrogen (secondary N) is 1. The molecule has 0 radical (unpaired) electrons. The van der Waals surface area contributed by atoms with Crippen LogP contribution in [-0.2, 0) is 11.3 Å². The Hall–Kier alpha value is -1.38. The Labute approximate surface area is 109 Å². The third-order valence-electron chi connectivity index (χ3n) is 4.67. The summed E-state index contributed by atoms with van der Waals surface area (Å²) in [6.07, 6.45) is 0. The van der Waals surface area contributed by atoms with Crippen LogP contribution < -0.4 is 5.32 Å². The molecule has 0 bridgehead atoms. The van der Waals surface area contributed by atoms with Gasteiger partial charge in [0.2, 0.25) is 5.91 Å². The van der Waals surface area contributed by atoms with Crippen molar-refractivity contribution in [1.29, 1.82) is 0 Å². The van der Waals surface area contributed by atoms with Gasteiger partial charge in [-0.15, -0.1) is 0 Å². The van der Waals surface area contributed by atoms with Crippen molar-refractivity contribution in [2.45, 2.75) is 41.2 Å². The number of carbonyl (C=O) groups excluding carboxylic acids is 1. The maximum Gasteiger partial charge on any atom is 0.224 e. The first-order valence-corrected chi connectivity index (χ1v) is 6.47. The fourth-order valence-corrected chi connectivity index (χ4v) is 2.83. The average molecular weight is 246 g/mol. The van der Waals surface area contributed by atoms with Crippen LogP contribution in [0.5, 0.6) is 0 Å². The van der Waals surface area contributed by atoms with Gasteiger partial charge in [0.1, 0.15) is 0 Å². The highest BCUT2D eigenvalue weighted by Gasteiger charge is 2.68. The molecule has 1 aliphatic rings. The third kappa shape index (κ3) is 2.02. The Balaban J connectivity index is 1.95. The number of hydrogen-bond acceptors (Lipinski definition) is 2. The lowest BCUT2D eigenvalue weighted by molar-refractivity contribution is -0.123. The Kier molecular flexibility index (Phi) is 2.96. The Morgan fingerprint density at radius 3 is 2.39 bits per heavy atom. The van der Waals surface area contributed by atoms with Crippen LogP contribution in [-0.4, -0.2) is 10.9 Å². The second kappa shape index (κ2) is 4.08. The molecular formula is C15H22N2O. The topological polar surface area (TPSA) is 42.0 Å². The summed E-state index contributed by atoms with van der Waals surface area (Å²) in [6.45, 7) is 11.1. The van der Waals surface area contributed by atoms with E-state index < -0.39 is 0 Å². The van der Waals surface area contributed by atoms with Gasteiger partial charge in [0.15, 0.2) is 0 Å². The number of aromatic nitrogens is 1. The van der Waals surface area contributed by atoms with E-state index in [9.17, 15) is 4.79 Å². The number of aryl methyl sites for hydroxylation is 1. The summed E-state index contributed by atoms with van der Waals surface area (Å²) in [5, 5.41) is 3.00. The van der Waals surface area contributed by atoms with E-state index in [1.54, 1.807) is 0 Å². The van der Waals surface area contributed by atoms with E-state index in [1.165, 1.54) is 0 Å². The number of pyridine rings is 1. The van der Waals surface area contributed by atoms with Gasteiger partial charge in [0.25, 0.3) is 0 Å². The largest absolute Gasteiger partial charge is 0.350 e. The number of rotatable bonds is 3. The zero-order valence-corrected chi connectivity index (χ0v) is 11.9. The summed E-state index contributed by atoms with van der Waals surface area (Å²) < 4.78 is 0. The lowest BCUT2D eigenvalue weighted by Crippen LogP contribution is -2.27. The molecule has 1 aromatic heterocycles. The molecule has 1 saturated carbocycles. The van der Waals surface area contributed by atoms with Crippen molar-refractivity contribution in [3.05, 3.63) is 29.6 Å². The van der Waals surface area contributed by atoms with Crippen LogP contribution in [0, 0.1) is 23.7 Å². The van der Waals surface area contributed by atoms with Crippen LogP contribution in [0.4, 0.5) is 0 Å². The van der Waals surface area contributed by atoms with Crippen molar-refractivity contribution in [2.75, 3.05) is 0 Å². The van der Waals surface area contributed by atoms with E-state index in [0.717, 1.165) is 11.4 Å². The second-order valence-electron chi connectivity index (χ2n) is 6.36. The van der Waals surface area contributed by atoms with Gasteiger partial charge < -0.3 is 5.32 Å². The zero-order chi connectivity index (χ0) is 13.6. The molecule has 1 amide bonds. The van der Waals surface area contributed by atoms with Gasteiger partial charge in [-0.25, -0.2) is 0 Å². The van der Waals surface area contributed by atoms with E-state index in [-0.39, 0.29) is 22.7 Å². The molecule has 0 aliphatic heterocycles. The molecule has 1 aliphatic carbocycles. The maximum absolute atomic E-state index is 12.2. The summed E-state index contributed by atoms with van der Waals surface area (Å²) in [5.74, 6) is 0.253. The molecule has 1 aromatic rings. The molecule has 3 nitrogen and oxygen atoms in total. The molecule has 1 N–H and O–H groups in total. The molecule has 98 valence electrons. The number of amides is 1. The lowest BCUT2D eigenvalue weighted by Gasteiger charge is -2.06. The Morgan fingerprint density at radius 2 is 1.89 bits per heavy atom. The summed E-state index contributed by atoms with van der Waals surface area (Å²) in [4.78, 5) is 16.5. The molecule has 0 aromatic carbocycles. The molecule has 2 rings (SSSR count). The maximum atomic E-state index is 12.2. The fourth-order valence-electron chi connectivity index (χ4n) is 2.83. The molecule has 0 spiro atoms. The van der Waals surface area contributed by atoms with E-state index in [4.69, 9.17) is 0 Å². The first kappa shape index (κ1) is 13.1. The smallest absolute Gasteiger partial charge is 0.224 e. The standard InChI is InChI=1S/C15H22N2O/c1-10-7-6-8-11(17-10)9-16-13(18)12-14(2,3)15(12,4)5/h6-8,12H,9H2,1-5H3,(H,16,18). The molecule has 18 heavy (non-hydrogen) atoms. The molecule has 0 saturated heterocycles. The van der Waals surface area contributed by atoms with Gasteiger partial charge >= 0.3 is 0 Å². The molecule has 0 atom stereocenters. The van der Waals surface area contributed by atoms with E-state index in [1.807, 2.05) is 25.1 Å². The predicted molar refractivity (Wildman–Crippen MR) is 71.9 cm³/mol. The van der Waals surface area contributed by atoms with Crippen molar-refractivity contribution in [3.8, 4) is 0 Å². The van der Waals surface area contributed by atoms with Crippen molar-refractivity contribution >= 4 is 5.91 Å². The van der Waals surface area contributed by atoms with E-state index in [2.05, 4.69) is 38.0 Å². The number of nitrogens with zero attached hydrogens (tertiary/aromatic N) is 1. The normalized spacial score (nSPS) is 20.5. The summed E-state index contributed by atoms with van der Waals surface area (Å²) in [7, 11) is 0. The minimum Gasteiger partial charge on any atom is -0.350 e. The third-order valence-corrected chi connectivity index (χ3v) is 4.67. The van der Waals surface area contributed by atoms with Gasteiger partial charge in [-0.1, -0.05) is 33.8 Å². The molecule has 1 fully saturated rings. The van der Waals surface area contributed by atoms with Crippen LogP contribution in [0.1, 0.15) is 39.1 Å². The number of hydrogen-bond donors (Lipinski definition) is 1. The van der Waals surface area contributed by atoms with Gasteiger partial charge in [-0.3, -0.25) is 9.78 Å². The van der Waals surface area contributed by atoms with Crippen LogP contribution in [0.15, 0.2) is 18.2 Å². The summed E-state index contributed by atoms with van der Waals surface area (Å²) in [5.41, 5.74) is 2.09. The highest BCUT2D eigenvalue weighted by molar-refractivity contribution is 5.84. The van der Waals surface area contributed by atoms with Crippen molar-refractivity contribution < 1.29 is 4.79 Å². The summed E-state index contributed by atoms with van der Waals surface area (Å²) >= 11 is 0. The first-order valence-electron chi connectivity index (χ1n) is 6.47. The highest BCUT2D eigenvalue weighted by atomic mass is 16.2. The zero-order valence-electron chi connectivity index (χ0n) is 11.9. The van der Waals surface area contributed by atoms with Crippen molar-refractivity contribution in [3.63, 3.8) is 0 Å². The van der Waals surface area contributed by atoms with Crippen LogP contribution >= 0.6 is 0 Å². The Morgan fingerprint density at radius 1 is 1.28 bits per heavy atom. The first-order chi connectivity index (χ1) is 8.26. The van der Waals surface area contributed by atoms with Crippen molar-refractivity contribution in [1.82, 2.24) is 10.3 Å². The molecule has 3 heteroatoms. The highest BCUT2D eigenvalue weighted by Crippen LogP contribution is 2.68. The van der Waals surface area contributed by atoms with Crippen LogP contribution in [0.3, 0.4) is 0 Å². The SMILES string of the molecule is Cc1cccc(CNC(=O)C2C(C)(C)C2(C)C)n1. The van der Waals surface area contributed by atoms with Gasteiger partial charge in [0, 0.05) is 11.6 Å². The van der Waals surface area contributed by atoms with Gasteiger partial charge in [-0.2, -0.15) is 0 Å². The number of carbonyl (C=O) groups is 1.